The quantitative estimate of drug-likeness (QED) is 0.624. The van der Waals surface area contributed by atoms with Gasteiger partial charge in [0.25, 0.3) is 5.56 Å². The summed E-state index contributed by atoms with van der Waals surface area (Å²) in [6.45, 7) is 5.11. The minimum Gasteiger partial charge on any atom is -0.391 e. The van der Waals surface area contributed by atoms with E-state index in [1.54, 1.807) is 0 Å². The minimum absolute atomic E-state index is 0.139. The molecule has 6 heteroatoms. The molecule has 5 N–H and O–H groups in total. The van der Waals surface area contributed by atoms with E-state index in [0.29, 0.717) is 18.9 Å². The fourth-order valence-corrected chi connectivity index (χ4v) is 1.38. The summed E-state index contributed by atoms with van der Waals surface area (Å²) in [7, 11) is 0. The Bertz CT molecular complexity index is 373. The van der Waals surface area contributed by atoms with Gasteiger partial charge in [-0.3, -0.25) is 4.79 Å². The van der Waals surface area contributed by atoms with E-state index in [0.717, 1.165) is 0 Å². The number of anilines is 2. The van der Waals surface area contributed by atoms with Gasteiger partial charge >= 0.3 is 0 Å². The van der Waals surface area contributed by atoms with Crippen molar-refractivity contribution < 1.29 is 0 Å². The lowest BCUT2D eigenvalue weighted by Crippen LogP contribution is -2.37. The van der Waals surface area contributed by atoms with E-state index >= 15 is 0 Å². The first-order chi connectivity index (χ1) is 7.07. The molecule has 0 aliphatic carbocycles. The Morgan fingerprint density at radius 1 is 1.60 bits per heavy atom. The first-order valence-corrected chi connectivity index (χ1v) is 4.87. The zero-order valence-electron chi connectivity index (χ0n) is 9.03. The van der Waals surface area contributed by atoms with Gasteiger partial charge < -0.3 is 21.4 Å². The zero-order valence-corrected chi connectivity index (χ0v) is 9.03. The molecule has 1 rings (SSSR count). The monoisotopic (exact) mass is 211 g/mol. The number of nitrogen functional groups attached to an aromatic ring is 1. The normalized spacial score (nSPS) is 10.7. The number of nitrogens with one attached hydrogen (secondary N) is 1. The molecule has 15 heavy (non-hydrogen) atoms. The summed E-state index contributed by atoms with van der Waals surface area (Å²) in [6.07, 6.45) is 1.35. The largest absolute Gasteiger partial charge is 0.391 e. The second-order valence-electron chi connectivity index (χ2n) is 3.54. The summed E-state index contributed by atoms with van der Waals surface area (Å²) < 4.78 is 0. The molecular weight excluding hydrogens is 194 g/mol. The van der Waals surface area contributed by atoms with E-state index < -0.39 is 0 Å². The number of nitrogens with zero attached hydrogens (tertiary/aromatic N) is 2. The van der Waals surface area contributed by atoms with Crippen LogP contribution >= 0.6 is 0 Å². The molecule has 6 nitrogen and oxygen atoms in total. The molecule has 0 fully saturated rings. The molecule has 0 saturated heterocycles. The summed E-state index contributed by atoms with van der Waals surface area (Å²) in [5, 5.41) is 0. The number of hydrogen-bond acceptors (Lipinski definition) is 5. The zero-order chi connectivity index (χ0) is 11.4. The number of aromatic nitrogens is 2. The molecule has 0 radical (unpaired) electrons. The van der Waals surface area contributed by atoms with E-state index in [4.69, 9.17) is 11.5 Å². The van der Waals surface area contributed by atoms with Crippen LogP contribution in [0.25, 0.3) is 0 Å². The molecular formula is C9H17N5O. The summed E-state index contributed by atoms with van der Waals surface area (Å²) >= 11 is 0. The smallest absolute Gasteiger partial charge is 0.276 e. The molecule has 0 atom stereocenters. The van der Waals surface area contributed by atoms with Crippen LogP contribution in [0.5, 0.6) is 0 Å². The molecule has 0 amide bonds. The summed E-state index contributed by atoms with van der Waals surface area (Å²) in [6, 6.07) is 0.199. The standard InChI is InChI=1S/C9H17N5O/c1-6(2)14(4-3-10)8-7(11)9(15)13-5-12-8/h5-6H,3-4,10-11H2,1-2H3,(H,12,13,15). The van der Waals surface area contributed by atoms with Crippen molar-refractivity contribution in [3.05, 3.63) is 16.7 Å². The third-order valence-electron chi connectivity index (χ3n) is 2.13. The lowest BCUT2D eigenvalue weighted by Gasteiger charge is -2.27. The molecule has 0 saturated carbocycles. The average Bonchev–Trinajstić information content (AvgIpc) is 2.19. The molecule has 84 valence electrons. The van der Waals surface area contributed by atoms with Gasteiger partial charge in [0.15, 0.2) is 5.82 Å². The van der Waals surface area contributed by atoms with Gasteiger partial charge in [-0.1, -0.05) is 0 Å². The molecule has 1 aromatic rings. The molecule has 1 aromatic heterocycles. The van der Waals surface area contributed by atoms with Gasteiger partial charge in [0.2, 0.25) is 0 Å². The van der Waals surface area contributed by atoms with Gasteiger partial charge in [0, 0.05) is 19.1 Å². The highest BCUT2D eigenvalue weighted by atomic mass is 16.1. The highest BCUT2D eigenvalue weighted by Gasteiger charge is 2.15. The van der Waals surface area contributed by atoms with Crippen LogP contribution in [-0.2, 0) is 0 Å². The van der Waals surface area contributed by atoms with Crippen molar-refractivity contribution >= 4 is 11.5 Å². The number of hydrogen-bond donors (Lipinski definition) is 3. The Hall–Kier alpha value is -1.56. The summed E-state index contributed by atoms with van der Waals surface area (Å²) in [5.74, 6) is 0.499. The van der Waals surface area contributed by atoms with Crippen molar-refractivity contribution in [1.82, 2.24) is 9.97 Å². The van der Waals surface area contributed by atoms with Crippen molar-refractivity contribution in [3.63, 3.8) is 0 Å². The average molecular weight is 211 g/mol. The Labute approximate surface area is 88.3 Å². The maximum Gasteiger partial charge on any atom is 0.276 e. The highest BCUT2D eigenvalue weighted by Crippen LogP contribution is 2.16. The number of aromatic amines is 1. The summed E-state index contributed by atoms with van der Waals surface area (Å²) in [4.78, 5) is 19.7. The van der Waals surface area contributed by atoms with Gasteiger partial charge in [0.05, 0.1) is 6.33 Å². The van der Waals surface area contributed by atoms with E-state index in [9.17, 15) is 4.79 Å². The lowest BCUT2D eigenvalue weighted by molar-refractivity contribution is 0.674. The Kier molecular flexibility index (Phi) is 3.68. The van der Waals surface area contributed by atoms with Crippen molar-refractivity contribution in [2.45, 2.75) is 19.9 Å². The minimum atomic E-state index is -0.317. The lowest BCUT2D eigenvalue weighted by atomic mass is 10.3. The maximum atomic E-state index is 11.3. The van der Waals surface area contributed by atoms with E-state index in [2.05, 4.69) is 9.97 Å². The van der Waals surface area contributed by atoms with Crippen molar-refractivity contribution in [1.29, 1.82) is 0 Å². The van der Waals surface area contributed by atoms with Crippen LogP contribution in [-0.4, -0.2) is 29.1 Å². The van der Waals surface area contributed by atoms with Crippen LogP contribution in [0.3, 0.4) is 0 Å². The van der Waals surface area contributed by atoms with E-state index in [1.807, 2.05) is 18.7 Å². The van der Waals surface area contributed by atoms with Crippen LogP contribution < -0.4 is 21.9 Å². The molecule has 0 bridgehead atoms. The van der Waals surface area contributed by atoms with Gasteiger partial charge in [-0.25, -0.2) is 4.98 Å². The van der Waals surface area contributed by atoms with Gasteiger partial charge in [-0.05, 0) is 13.8 Å². The van der Waals surface area contributed by atoms with Crippen LogP contribution in [0.1, 0.15) is 13.8 Å². The first kappa shape index (κ1) is 11.5. The number of H-pyrrole nitrogens is 1. The fraction of sp³-hybridized carbons (Fsp3) is 0.556. The van der Waals surface area contributed by atoms with Gasteiger partial charge in [-0.2, -0.15) is 0 Å². The van der Waals surface area contributed by atoms with Crippen molar-refractivity contribution in [2.24, 2.45) is 5.73 Å². The Morgan fingerprint density at radius 2 is 2.27 bits per heavy atom. The molecule has 0 spiro atoms. The third-order valence-corrected chi connectivity index (χ3v) is 2.13. The second kappa shape index (κ2) is 4.79. The topological polar surface area (TPSA) is 101 Å². The van der Waals surface area contributed by atoms with Crippen LogP contribution in [0.4, 0.5) is 11.5 Å². The maximum absolute atomic E-state index is 11.3. The molecule has 0 unspecified atom stereocenters. The predicted octanol–water partition coefficient (Wildman–Crippen LogP) is -0.474. The number of nitrogens with two attached hydrogens (primary N) is 2. The number of rotatable bonds is 4. The van der Waals surface area contributed by atoms with Crippen LogP contribution in [0, 0.1) is 0 Å². The predicted molar refractivity (Wildman–Crippen MR) is 60.8 cm³/mol. The van der Waals surface area contributed by atoms with Crippen LogP contribution in [0.15, 0.2) is 11.1 Å². The summed E-state index contributed by atoms with van der Waals surface area (Å²) in [5.41, 5.74) is 11.0. The molecule has 1 heterocycles. The third kappa shape index (κ3) is 2.47. The first-order valence-electron chi connectivity index (χ1n) is 4.87. The van der Waals surface area contributed by atoms with Crippen LogP contribution in [0.2, 0.25) is 0 Å². The van der Waals surface area contributed by atoms with E-state index in [1.165, 1.54) is 6.33 Å². The fourth-order valence-electron chi connectivity index (χ4n) is 1.38. The van der Waals surface area contributed by atoms with Gasteiger partial charge in [0.1, 0.15) is 5.69 Å². The Morgan fingerprint density at radius 3 is 2.80 bits per heavy atom. The highest BCUT2D eigenvalue weighted by molar-refractivity contribution is 5.61. The molecule has 0 aliphatic heterocycles. The van der Waals surface area contributed by atoms with Crippen molar-refractivity contribution in [2.75, 3.05) is 23.7 Å². The molecule has 0 aliphatic rings. The second-order valence-corrected chi connectivity index (χ2v) is 3.54. The molecule has 0 aromatic carbocycles. The van der Waals surface area contributed by atoms with Crippen molar-refractivity contribution in [3.8, 4) is 0 Å². The SMILES string of the molecule is CC(C)N(CCN)c1nc[nH]c(=O)c1N. The van der Waals surface area contributed by atoms with Gasteiger partial charge in [-0.15, -0.1) is 0 Å². The van der Waals surface area contributed by atoms with E-state index in [-0.39, 0.29) is 17.3 Å². The Balaban J connectivity index is 3.11.